The monoisotopic (exact) mass is 715 g/mol. The SMILES string of the molecule is COC(=O)c1c(-c2cc(OC)c(Br)c(OC)c2)c2ccc(OCc3ccccn3)cc2c(=O)n1-c1ccc(NC(=O)OC(C)(C)C)cc1. The maximum atomic E-state index is 14.4. The van der Waals surface area contributed by atoms with E-state index in [9.17, 15) is 14.4 Å². The molecule has 0 bridgehead atoms. The number of methoxy groups -OCH3 is 3. The number of hydrogen-bond donors (Lipinski definition) is 1. The van der Waals surface area contributed by atoms with E-state index in [1.54, 1.807) is 81.6 Å². The van der Waals surface area contributed by atoms with Crippen molar-refractivity contribution < 1.29 is 33.3 Å². The number of carbonyl (C=O) groups excluding carboxylic acids is 2. The predicted octanol–water partition coefficient (Wildman–Crippen LogP) is 7.55. The molecule has 48 heavy (non-hydrogen) atoms. The van der Waals surface area contributed by atoms with Gasteiger partial charge in [0.25, 0.3) is 5.56 Å². The number of carbonyl (C=O) groups is 2. The minimum absolute atomic E-state index is 0.0311. The molecular formula is C36H34BrN3O8. The van der Waals surface area contributed by atoms with Crippen molar-refractivity contribution in [3.63, 3.8) is 0 Å². The van der Waals surface area contributed by atoms with Crippen LogP contribution in [0.2, 0.25) is 0 Å². The fraction of sp³-hybridized carbons (Fsp3) is 0.222. The Hall–Kier alpha value is -5.36. The summed E-state index contributed by atoms with van der Waals surface area (Å²) in [5.74, 6) is 0.561. The Balaban J connectivity index is 1.75. The van der Waals surface area contributed by atoms with Gasteiger partial charge in [0.05, 0.1) is 32.4 Å². The Morgan fingerprint density at radius 3 is 2.17 bits per heavy atom. The zero-order valence-electron chi connectivity index (χ0n) is 27.3. The number of amides is 1. The molecule has 0 spiro atoms. The summed E-state index contributed by atoms with van der Waals surface area (Å²) in [7, 11) is 4.28. The van der Waals surface area contributed by atoms with Crippen molar-refractivity contribution in [2.45, 2.75) is 33.0 Å². The first-order valence-corrected chi connectivity index (χ1v) is 15.6. The molecule has 0 radical (unpaired) electrons. The van der Waals surface area contributed by atoms with Crippen LogP contribution in [0.1, 0.15) is 37.0 Å². The average molecular weight is 717 g/mol. The zero-order chi connectivity index (χ0) is 34.6. The molecule has 2 aromatic heterocycles. The molecule has 0 aliphatic rings. The number of nitrogens with one attached hydrogen (secondary N) is 1. The van der Waals surface area contributed by atoms with Crippen LogP contribution in [0.4, 0.5) is 10.5 Å². The molecule has 0 saturated heterocycles. The fourth-order valence-corrected chi connectivity index (χ4v) is 5.62. The lowest BCUT2D eigenvalue weighted by atomic mass is 9.95. The number of anilines is 1. The topological polar surface area (TPSA) is 127 Å². The highest BCUT2D eigenvalue weighted by Gasteiger charge is 2.27. The first-order chi connectivity index (χ1) is 22.9. The quantitative estimate of drug-likeness (QED) is 0.154. The van der Waals surface area contributed by atoms with Gasteiger partial charge in [-0.15, -0.1) is 0 Å². The summed E-state index contributed by atoms with van der Waals surface area (Å²) in [6.45, 7) is 5.47. The molecule has 0 aliphatic heterocycles. The highest BCUT2D eigenvalue weighted by Crippen LogP contribution is 2.42. The van der Waals surface area contributed by atoms with Crippen molar-refractivity contribution in [3.05, 3.63) is 105 Å². The molecule has 0 unspecified atom stereocenters. The van der Waals surface area contributed by atoms with Gasteiger partial charge in [-0.25, -0.2) is 9.59 Å². The van der Waals surface area contributed by atoms with Gasteiger partial charge in [-0.2, -0.15) is 0 Å². The molecule has 1 N–H and O–H groups in total. The second kappa shape index (κ2) is 14.2. The summed E-state index contributed by atoms with van der Waals surface area (Å²) in [6, 6.07) is 20.5. The van der Waals surface area contributed by atoms with Crippen LogP contribution in [0.25, 0.3) is 27.6 Å². The van der Waals surface area contributed by atoms with E-state index in [1.807, 2.05) is 18.2 Å². The maximum absolute atomic E-state index is 14.4. The number of pyridine rings is 2. The van der Waals surface area contributed by atoms with Gasteiger partial charge in [-0.05, 0) is 114 Å². The molecule has 0 fully saturated rings. The van der Waals surface area contributed by atoms with Gasteiger partial charge in [0.1, 0.15) is 39.6 Å². The van der Waals surface area contributed by atoms with Gasteiger partial charge >= 0.3 is 12.1 Å². The number of rotatable bonds is 9. The number of halogens is 1. The van der Waals surface area contributed by atoms with Crippen LogP contribution in [0.5, 0.6) is 17.2 Å². The van der Waals surface area contributed by atoms with E-state index >= 15 is 0 Å². The van der Waals surface area contributed by atoms with E-state index in [-0.39, 0.29) is 17.7 Å². The van der Waals surface area contributed by atoms with Gasteiger partial charge in [0.15, 0.2) is 0 Å². The van der Waals surface area contributed by atoms with E-state index in [2.05, 4.69) is 26.2 Å². The summed E-state index contributed by atoms with van der Waals surface area (Å²) in [4.78, 5) is 44.8. The van der Waals surface area contributed by atoms with E-state index in [0.717, 1.165) is 0 Å². The van der Waals surface area contributed by atoms with Crippen molar-refractivity contribution in [1.82, 2.24) is 9.55 Å². The standard InChI is InChI=1S/C36H34BrN3O8/c1-36(2,3)48-35(43)39-22-10-12-24(13-11-22)40-32(34(42)46-6)30(21-17-28(44-4)31(37)29(18-21)45-5)26-15-14-25(19-27(26)33(40)41)47-20-23-9-7-8-16-38-23/h7-19H,20H2,1-6H3,(H,39,43). The van der Waals surface area contributed by atoms with Crippen molar-refractivity contribution >= 4 is 44.5 Å². The Kier molecular flexibility index (Phi) is 10.0. The molecule has 2 heterocycles. The van der Waals surface area contributed by atoms with Crippen molar-refractivity contribution in [2.75, 3.05) is 26.6 Å². The average Bonchev–Trinajstić information content (AvgIpc) is 3.07. The van der Waals surface area contributed by atoms with Gasteiger partial charge in [-0.3, -0.25) is 19.7 Å². The predicted molar refractivity (Wildman–Crippen MR) is 186 cm³/mol. The van der Waals surface area contributed by atoms with E-state index in [0.29, 0.717) is 55.3 Å². The Labute approximate surface area is 285 Å². The number of benzene rings is 3. The number of ether oxygens (including phenoxy) is 5. The van der Waals surface area contributed by atoms with Crippen molar-refractivity contribution in [1.29, 1.82) is 0 Å². The third-order valence-corrected chi connectivity index (χ3v) is 7.93. The molecule has 0 aliphatic carbocycles. The van der Waals surface area contributed by atoms with Crippen LogP contribution in [-0.2, 0) is 16.1 Å². The van der Waals surface area contributed by atoms with Crippen LogP contribution in [-0.4, -0.2) is 48.5 Å². The minimum atomic E-state index is -0.753. The van der Waals surface area contributed by atoms with E-state index in [4.69, 9.17) is 23.7 Å². The summed E-state index contributed by atoms with van der Waals surface area (Å²) >= 11 is 3.51. The second-order valence-corrected chi connectivity index (χ2v) is 12.3. The minimum Gasteiger partial charge on any atom is -0.495 e. The number of hydrogen-bond acceptors (Lipinski definition) is 9. The summed E-state index contributed by atoms with van der Waals surface area (Å²) < 4.78 is 29.7. The molecule has 248 valence electrons. The van der Waals surface area contributed by atoms with Gasteiger partial charge < -0.3 is 23.7 Å². The Bertz CT molecular complexity index is 2010. The fourth-order valence-electron chi connectivity index (χ4n) is 5.07. The van der Waals surface area contributed by atoms with Gasteiger partial charge in [0, 0.05) is 23.1 Å². The van der Waals surface area contributed by atoms with Crippen LogP contribution in [0, 0.1) is 0 Å². The Morgan fingerprint density at radius 2 is 1.58 bits per heavy atom. The molecule has 0 atom stereocenters. The first kappa shape index (κ1) is 34.0. The van der Waals surface area contributed by atoms with Crippen LogP contribution in [0.15, 0.2) is 88.3 Å². The van der Waals surface area contributed by atoms with Crippen LogP contribution >= 0.6 is 15.9 Å². The number of aromatic nitrogens is 2. The highest BCUT2D eigenvalue weighted by molar-refractivity contribution is 9.10. The van der Waals surface area contributed by atoms with Crippen molar-refractivity contribution in [3.8, 4) is 34.1 Å². The lowest BCUT2D eigenvalue weighted by molar-refractivity contribution is 0.0589. The van der Waals surface area contributed by atoms with Crippen LogP contribution in [0.3, 0.4) is 0 Å². The molecule has 1 amide bonds. The normalized spacial score (nSPS) is 11.1. The molecule has 11 nitrogen and oxygen atoms in total. The first-order valence-electron chi connectivity index (χ1n) is 14.8. The summed E-state index contributed by atoms with van der Waals surface area (Å²) in [5.41, 5.74) is 1.18. The molecule has 5 aromatic rings. The van der Waals surface area contributed by atoms with E-state index in [1.165, 1.54) is 25.9 Å². The largest absolute Gasteiger partial charge is 0.495 e. The number of esters is 1. The molecule has 12 heteroatoms. The van der Waals surface area contributed by atoms with Crippen molar-refractivity contribution in [2.24, 2.45) is 0 Å². The zero-order valence-corrected chi connectivity index (χ0v) is 28.8. The van der Waals surface area contributed by atoms with E-state index < -0.39 is 23.2 Å². The second-order valence-electron chi connectivity index (χ2n) is 11.5. The molecular weight excluding hydrogens is 682 g/mol. The molecule has 3 aromatic carbocycles. The lowest BCUT2D eigenvalue weighted by Crippen LogP contribution is -2.27. The third-order valence-electron chi connectivity index (χ3n) is 7.15. The maximum Gasteiger partial charge on any atom is 0.412 e. The third kappa shape index (κ3) is 7.28. The summed E-state index contributed by atoms with van der Waals surface area (Å²) in [5, 5.41) is 3.42. The van der Waals surface area contributed by atoms with Gasteiger partial charge in [0.2, 0.25) is 0 Å². The number of nitrogens with zero attached hydrogens (tertiary/aromatic N) is 2. The molecule has 0 saturated carbocycles. The van der Waals surface area contributed by atoms with Crippen LogP contribution < -0.4 is 25.1 Å². The molecule has 5 rings (SSSR count). The summed E-state index contributed by atoms with van der Waals surface area (Å²) in [6.07, 6.45) is 1.04. The lowest BCUT2D eigenvalue weighted by Gasteiger charge is -2.21. The van der Waals surface area contributed by atoms with Gasteiger partial charge in [-0.1, -0.05) is 6.07 Å². The highest BCUT2D eigenvalue weighted by atomic mass is 79.9. The smallest absolute Gasteiger partial charge is 0.412 e. The Morgan fingerprint density at radius 1 is 0.896 bits per heavy atom. The number of fused-ring (bicyclic) bond motifs is 1.